The molecule has 0 radical (unpaired) electrons. The summed E-state index contributed by atoms with van der Waals surface area (Å²) in [5.41, 5.74) is 7.79. The Bertz CT molecular complexity index is 674. The van der Waals surface area contributed by atoms with Gasteiger partial charge in [0.2, 0.25) is 0 Å². The van der Waals surface area contributed by atoms with E-state index >= 15 is 0 Å². The van der Waals surface area contributed by atoms with Crippen molar-refractivity contribution in [1.29, 1.82) is 0 Å². The van der Waals surface area contributed by atoms with Crippen LogP contribution in [-0.2, 0) is 6.42 Å². The van der Waals surface area contributed by atoms with Gasteiger partial charge in [-0.05, 0) is 57.0 Å². The first-order chi connectivity index (χ1) is 9.88. The molecule has 2 rings (SSSR count). The minimum Gasteiger partial charge on any atom is -0.328 e. The van der Waals surface area contributed by atoms with Crippen LogP contribution in [-0.4, -0.2) is 25.8 Å². The van der Waals surface area contributed by atoms with Crippen molar-refractivity contribution in [2.75, 3.05) is 0 Å². The highest BCUT2D eigenvalue weighted by molar-refractivity contribution is 7.99. The summed E-state index contributed by atoms with van der Waals surface area (Å²) in [4.78, 5) is 16.2. The second-order valence-electron chi connectivity index (χ2n) is 5.52. The van der Waals surface area contributed by atoms with E-state index in [1.54, 1.807) is 4.57 Å². The highest BCUT2D eigenvalue weighted by atomic mass is 32.2. The fourth-order valence-corrected chi connectivity index (χ4v) is 3.10. The summed E-state index contributed by atoms with van der Waals surface area (Å²) in [6, 6.07) is 2.25. The van der Waals surface area contributed by atoms with Crippen LogP contribution >= 0.6 is 11.8 Å². The lowest BCUT2D eigenvalue weighted by Crippen LogP contribution is -2.19. The highest BCUT2D eigenvalue weighted by Gasteiger charge is 2.14. The lowest BCUT2D eigenvalue weighted by atomic mass is 10.1. The molecule has 0 bridgehead atoms. The van der Waals surface area contributed by atoms with Crippen LogP contribution in [0.15, 0.2) is 27.2 Å². The standard InChI is InChI=1S/C14H21N5OS/c1-8(2)19-13(20)17-18-14(19)21-12-9(3)5-11(7-16-12)6-10(4)15/h5,7-8,10H,6,15H2,1-4H3,(H,17,20). The van der Waals surface area contributed by atoms with Gasteiger partial charge in [0.1, 0.15) is 5.03 Å². The molecule has 0 aliphatic rings. The van der Waals surface area contributed by atoms with Crippen molar-refractivity contribution >= 4 is 11.8 Å². The van der Waals surface area contributed by atoms with Crippen LogP contribution in [0.1, 0.15) is 37.9 Å². The number of hydrogen-bond acceptors (Lipinski definition) is 5. The maximum absolute atomic E-state index is 11.7. The average molecular weight is 307 g/mol. The molecule has 0 aliphatic heterocycles. The fraction of sp³-hybridized carbons (Fsp3) is 0.500. The number of nitrogens with zero attached hydrogens (tertiary/aromatic N) is 3. The topological polar surface area (TPSA) is 89.6 Å². The molecule has 3 N–H and O–H groups in total. The Labute approximate surface area is 128 Å². The molecule has 0 amide bonds. The van der Waals surface area contributed by atoms with Crippen LogP contribution in [0, 0.1) is 6.92 Å². The number of hydrogen-bond donors (Lipinski definition) is 2. The quantitative estimate of drug-likeness (QED) is 0.880. The third-order valence-electron chi connectivity index (χ3n) is 3.02. The van der Waals surface area contributed by atoms with E-state index in [0.717, 1.165) is 22.6 Å². The van der Waals surface area contributed by atoms with E-state index in [1.165, 1.54) is 11.8 Å². The minimum absolute atomic E-state index is 0.0522. The lowest BCUT2D eigenvalue weighted by molar-refractivity contribution is 0.534. The van der Waals surface area contributed by atoms with Gasteiger partial charge in [-0.25, -0.2) is 14.9 Å². The summed E-state index contributed by atoms with van der Waals surface area (Å²) >= 11 is 1.40. The second kappa shape index (κ2) is 6.44. The van der Waals surface area contributed by atoms with Gasteiger partial charge < -0.3 is 5.73 Å². The maximum atomic E-state index is 11.7. The molecule has 2 aromatic rings. The summed E-state index contributed by atoms with van der Waals surface area (Å²) in [6.45, 7) is 7.88. The molecule has 2 aromatic heterocycles. The molecule has 0 aliphatic carbocycles. The van der Waals surface area contributed by atoms with Gasteiger partial charge in [-0.2, -0.15) is 0 Å². The van der Waals surface area contributed by atoms with Crippen LogP contribution in [0.5, 0.6) is 0 Å². The normalized spacial score (nSPS) is 12.9. The maximum Gasteiger partial charge on any atom is 0.344 e. The molecule has 0 saturated heterocycles. The first-order valence-electron chi connectivity index (χ1n) is 6.94. The molecule has 1 unspecified atom stereocenters. The molecule has 2 heterocycles. The molecule has 6 nitrogen and oxygen atoms in total. The third kappa shape index (κ3) is 3.74. The Hall–Kier alpha value is -1.60. The Morgan fingerprint density at radius 2 is 2.14 bits per heavy atom. The van der Waals surface area contributed by atoms with Gasteiger partial charge in [0.25, 0.3) is 0 Å². The van der Waals surface area contributed by atoms with Crippen LogP contribution in [0.4, 0.5) is 0 Å². The number of H-pyrrole nitrogens is 1. The van der Waals surface area contributed by atoms with Crippen LogP contribution in [0.25, 0.3) is 0 Å². The molecular formula is C14H21N5OS. The van der Waals surface area contributed by atoms with E-state index in [9.17, 15) is 4.79 Å². The van der Waals surface area contributed by atoms with Crippen LogP contribution in [0.2, 0.25) is 0 Å². The SMILES string of the molecule is Cc1cc(CC(C)N)cnc1Sc1n[nH]c(=O)n1C(C)C. The Balaban J connectivity index is 2.26. The van der Waals surface area contributed by atoms with E-state index in [0.29, 0.717) is 5.16 Å². The molecule has 0 spiro atoms. The van der Waals surface area contributed by atoms with E-state index in [-0.39, 0.29) is 17.8 Å². The summed E-state index contributed by atoms with van der Waals surface area (Å²) in [6.07, 6.45) is 2.64. The number of rotatable bonds is 5. The van der Waals surface area contributed by atoms with Crippen molar-refractivity contribution < 1.29 is 0 Å². The van der Waals surface area contributed by atoms with Crippen molar-refractivity contribution in [2.45, 2.75) is 56.4 Å². The lowest BCUT2D eigenvalue weighted by Gasteiger charge is -2.11. The molecule has 1 atom stereocenters. The molecule has 0 aromatic carbocycles. The molecule has 7 heteroatoms. The number of aromatic nitrogens is 4. The Morgan fingerprint density at radius 3 is 2.71 bits per heavy atom. The molecule has 114 valence electrons. The molecule has 0 saturated carbocycles. The molecular weight excluding hydrogens is 286 g/mol. The van der Waals surface area contributed by atoms with Gasteiger partial charge in [-0.1, -0.05) is 6.07 Å². The number of nitrogens with one attached hydrogen (secondary N) is 1. The van der Waals surface area contributed by atoms with Crippen LogP contribution < -0.4 is 11.4 Å². The summed E-state index contributed by atoms with van der Waals surface area (Å²) < 4.78 is 1.63. The van der Waals surface area contributed by atoms with Gasteiger partial charge >= 0.3 is 5.69 Å². The number of pyridine rings is 1. The second-order valence-corrected chi connectivity index (χ2v) is 6.48. The van der Waals surface area contributed by atoms with Crippen molar-refractivity contribution in [3.8, 4) is 0 Å². The van der Waals surface area contributed by atoms with E-state index in [2.05, 4.69) is 21.2 Å². The smallest absolute Gasteiger partial charge is 0.328 e. The van der Waals surface area contributed by atoms with E-state index in [4.69, 9.17) is 5.73 Å². The minimum atomic E-state index is -0.196. The van der Waals surface area contributed by atoms with Gasteiger partial charge in [-0.15, -0.1) is 5.10 Å². The molecule has 0 fully saturated rings. The number of nitrogens with two attached hydrogens (primary N) is 1. The first kappa shape index (κ1) is 15.8. The zero-order chi connectivity index (χ0) is 15.6. The summed E-state index contributed by atoms with van der Waals surface area (Å²) in [7, 11) is 0. The van der Waals surface area contributed by atoms with Gasteiger partial charge in [-0.3, -0.25) is 4.57 Å². The number of aromatic amines is 1. The number of aryl methyl sites for hydroxylation is 1. The monoisotopic (exact) mass is 307 g/mol. The summed E-state index contributed by atoms with van der Waals surface area (Å²) in [5.74, 6) is 0. The van der Waals surface area contributed by atoms with E-state index in [1.807, 2.05) is 33.9 Å². The third-order valence-corrected chi connectivity index (χ3v) is 4.11. The van der Waals surface area contributed by atoms with Gasteiger partial charge in [0.15, 0.2) is 5.16 Å². The highest BCUT2D eigenvalue weighted by Crippen LogP contribution is 2.27. The van der Waals surface area contributed by atoms with Crippen molar-refractivity contribution in [2.24, 2.45) is 5.73 Å². The van der Waals surface area contributed by atoms with Gasteiger partial charge in [0, 0.05) is 18.3 Å². The Kier molecular flexibility index (Phi) is 4.84. The van der Waals surface area contributed by atoms with E-state index < -0.39 is 0 Å². The zero-order valence-electron chi connectivity index (χ0n) is 12.8. The average Bonchev–Trinajstić information content (AvgIpc) is 2.73. The first-order valence-corrected chi connectivity index (χ1v) is 7.76. The molecule has 21 heavy (non-hydrogen) atoms. The largest absolute Gasteiger partial charge is 0.344 e. The fourth-order valence-electron chi connectivity index (χ4n) is 2.11. The van der Waals surface area contributed by atoms with Crippen molar-refractivity contribution in [3.63, 3.8) is 0 Å². The van der Waals surface area contributed by atoms with Crippen molar-refractivity contribution in [3.05, 3.63) is 33.9 Å². The predicted molar refractivity (Wildman–Crippen MR) is 83.7 cm³/mol. The summed E-state index contributed by atoms with van der Waals surface area (Å²) in [5, 5.41) is 8.04. The Morgan fingerprint density at radius 1 is 1.43 bits per heavy atom. The zero-order valence-corrected chi connectivity index (χ0v) is 13.6. The van der Waals surface area contributed by atoms with Crippen LogP contribution in [0.3, 0.4) is 0 Å². The van der Waals surface area contributed by atoms with Gasteiger partial charge in [0.05, 0.1) is 0 Å². The van der Waals surface area contributed by atoms with Crippen molar-refractivity contribution in [1.82, 2.24) is 19.7 Å². The predicted octanol–water partition coefficient (Wildman–Crippen LogP) is 1.90.